The summed E-state index contributed by atoms with van der Waals surface area (Å²) in [4.78, 5) is 15.6. The molecule has 0 bridgehead atoms. The van der Waals surface area contributed by atoms with Gasteiger partial charge in [-0.2, -0.15) is 0 Å². The van der Waals surface area contributed by atoms with Crippen LogP contribution >= 0.6 is 0 Å². The molecule has 2 N–H and O–H groups in total. The van der Waals surface area contributed by atoms with Crippen molar-refractivity contribution in [3.8, 4) is 5.75 Å². The maximum absolute atomic E-state index is 13.1. The highest BCUT2D eigenvalue weighted by molar-refractivity contribution is 5.82. The maximum atomic E-state index is 13.1. The summed E-state index contributed by atoms with van der Waals surface area (Å²) in [5.74, 6) is 1.29. The molecule has 2 saturated carbocycles. The van der Waals surface area contributed by atoms with Gasteiger partial charge in [0.1, 0.15) is 12.4 Å². The van der Waals surface area contributed by atoms with Crippen LogP contribution in [0.15, 0.2) is 54.6 Å². The Labute approximate surface area is 203 Å². The van der Waals surface area contributed by atoms with Gasteiger partial charge in [0.25, 0.3) is 0 Å². The Hall–Kier alpha value is -2.37. The number of aliphatic hydroxyl groups excluding tert-OH is 1. The number of likely N-dealkylation sites (tertiary alicyclic amines) is 1. The summed E-state index contributed by atoms with van der Waals surface area (Å²) in [5, 5.41) is 12.4. The zero-order chi connectivity index (χ0) is 23.4. The van der Waals surface area contributed by atoms with Gasteiger partial charge in [-0.25, -0.2) is 0 Å². The van der Waals surface area contributed by atoms with E-state index in [-0.39, 0.29) is 29.3 Å². The SMILES string of the molecule is O=C(NCC1(c2ccccc2)CCCC1)C1CC12CCN(Cc1cccc(OCCO)c1)CC2. The number of carbonyl (C=O) groups is 1. The van der Waals surface area contributed by atoms with Crippen molar-refractivity contribution in [2.24, 2.45) is 11.3 Å². The Morgan fingerprint density at radius 3 is 2.53 bits per heavy atom. The van der Waals surface area contributed by atoms with Gasteiger partial charge in [0.05, 0.1) is 6.61 Å². The molecule has 2 aromatic carbocycles. The average Bonchev–Trinajstić information content (AvgIpc) is 3.35. The van der Waals surface area contributed by atoms with Crippen molar-refractivity contribution in [2.45, 2.75) is 56.9 Å². The first-order valence-corrected chi connectivity index (χ1v) is 13.0. The van der Waals surface area contributed by atoms with Crippen LogP contribution in [0.25, 0.3) is 0 Å². The smallest absolute Gasteiger partial charge is 0.223 e. The molecule has 3 aliphatic rings. The van der Waals surface area contributed by atoms with Crippen molar-refractivity contribution >= 4 is 5.91 Å². The van der Waals surface area contributed by atoms with Crippen LogP contribution in [-0.2, 0) is 16.8 Å². The molecule has 5 rings (SSSR count). The van der Waals surface area contributed by atoms with Crippen LogP contribution in [0.2, 0.25) is 0 Å². The van der Waals surface area contributed by atoms with Crippen molar-refractivity contribution in [3.63, 3.8) is 0 Å². The van der Waals surface area contributed by atoms with Crippen LogP contribution < -0.4 is 10.1 Å². The van der Waals surface area contributed by atoms with E-state index in [0.29, 0.717) is 6.61 Å². The van der Waals surface area contributed by atoms with Gasteiger partial charge in [-0.1, -0.05) is 55.3 Å². The lowest BCUT2D eigenvalue weighted by Crippen LogP contribution is -2.41. The molecule has 1 unspecified atom stereocenters. The molecule has 5 heteroatoms. The molecular weight excluding hydrogens is 424 g/mol. The van der Waals surface area contributed by atoms with Crippen LogP contribution in [0.5, 0.6) is 5.75 Å². The Morgan fingerprint density at radius 1 is 1.03 bits per heavy atom. The van der Waals surface area contributed by atoms with Crippen LogP contribution in [0, 0.1) is 11.3 Å². The van der Waals surface area contributed by atoms with Gasteiger partial charge in [-0.3, -0.25) is 9.69 Å². The molecule has 3 fully saturated rings. The Balaban J connectivity index is 1.11. The normalized spacial score (nSPS) is 23.0. The summed E-state index contributed by atoms with van der Waals surface area (Å²) in [6.45, 7) is 4.12. The standard InChI is InChI=1S/C29H38N2O3/c32-17-18-34-25-10-6-7-23(19-25)21-31-15-13-28(14-16-31)20-26(28)27(33)30-22-29(11-4-5-12-29)24-8-2-1-3-9-24/h1-3,6-10,19,26,32H,4-5,11-18,20-22H2,(H,30,33). The second kappa shape index (κ2) is 10.1. The molecule has 1 amide bonds. The number of rotatable bonds is 9. The molecule has 2 aliphatic carbocycles. The number of ether oxygens (including phenoxy) is 1. The fourth-order valence-electron chi connectivity index (χ4n) is 6.37. The molecule has 5 nitrogen and oxygen atoms in total. The van der Waals surface area contributed by atoms with E-state index in [1.54, 1.807) is 0 Å². The van der Waals surface area contributed by atoms with Gasteiger partial charge in [-0.15, -0.1) is 0 Å². The van der Waals surface area contributed by atoms with Crippen LogP contribution in [0.1, 0.15) is 56.1 Å². The van der Waals surface area contributed by atoms with Gasteiger partial charge < -0.3 is 15.2 Å². The van der Waals surface area contributed by atoms with Crippen molar-refractivity contribution in [2.75, 3.05) is 32.8 Å². The lowest BCUT2D eigenvalue weighted by molar-refractivity contribution is -0.123. The van der Waals surface area contributed by atoms with E-state index in [4.69, 9.17) is 9.84 Å². The van der Waals surface area contributed by atoms with Crippen LogP contribution in [0.3, 0.4) is 0 Å². The molecular formula is C29H38N2O3. The third-order valence-electron chi connectivity index (χ3n) is 8.57. The summed E-state index contributed by atoms with van der Waals surface area (Å²) in [6, 6.07) is 19.0. The molecule has 1 saturated heterocycles. The first-order valence-electron chi connectivity index (χ1n) is 13.0. The summed E-state index contributed by atoms with van der Waals surface area (Å²) >= 11 is 0. The molecule has 2 aromatic rings. The van der Waals surface area contributed by atoms with E-state index in [1.807, 2.05) is 12.1 Å². The van der Waals surface area contributed by atoms with Gasteiger partial charge in [-0.05, 0) is 73.9 Å². The van der Waals surface area contributed by atoms with Gasteiger partial charge >= 0.3 is 0 Å². The summed E-state index contributed by atoms with van der Waals surface area (Å²) in [7, 11) is 0. The summed E-state index contributed by atoms with van der Waals surface area (Å²) < 4.78 is 5.55. The highest BCUT2D eigenvalue weighted by Gasteiger charge is 2.58. The van der Waals surface area contributed by atoms with E-state index in [1.165, 1.54) is 36.8 Å². The monoisotopic (exact) mass is 462 g/mol. The van der Waals surface area contributed by atoms with E-state index in [9.17, 15) is 4.79 Å². The summed E-state index contributed by atoms with van der Waals surface area (Å²) in [6.07, 6.45) is 8.12. The van der Waals surface area contributed by atoms with Crippen molar-refractivity contribution in [1.82, 2.24) is 10.2 Å². The second-order valence-electron chi connectivity index (χ2n) is 10.7. The number of hydrogen-bond acceptors (Lipinski definition) is 4. The molecule has 1 aliphatic heterocycles. The molecule has 182 valence electrons. The minimum absolute atomic E-state index is 0.0282. The lowest BCUT2D eigenvalue weighted by Gasteiger charge is -2.33. The first kappa shape index (κ1) is 23.4. The fourth-order valence-corrected chi connectivity index (χ4v) is 6.37. The van der Waals surface area contributed by atoms with E-state index >= 15 is 0 Å². The molecule has 1 spiro atoms. The molecule has 1 heterocycles. The zero-order valence-corrected chi connectivity index (χ0v) is 20.2. The van der Waals surface area contributed by atoms with Crippen LogP contribution in [-0.4, -0.2) is 48.8 Å². The predicted molar refractivity (Wildman–Crippen MR) is 134 cm³/mol. The first-order chi connectivity index (χ1) is 16.6. The maximum Gasteiger partial charge on any atom is 0.223 e. The largest absolute Gasteiger partial charge is 0.491 e. The Kier molecular flexibility index (Phi) is 6.94. The lowest BCUT2D eigenvalue weighted by atomic mass is 9.78. The van der Waals surface area contributed by atoms with Gasteiger partial charge in [0.2, 0.25) is 5.91 Å². The molecule has 0 aromatic heterocycles. The van der Waals surface area contributed by atoms with E-state index in [0.717, 1.165) is 51.2 Å². The predicted octanol–water partition coefficient (Wildman–Crippen LogP) is 4.29. The van der Waals surface area contributed by atoms with Gasteiger partial charge in [0.15, 0.2) is 0 Å². The minimum atomic E-state index is 0.0282. The van der Waals surface area contributed by atoms with E-state index in [2.05, 4.69) is 52.7 Å². The third-order valence-corrected chi connectivity index (χ3v) is 8.57. The number of nitrogens with zero attached hydrogens (tertiary/aromatic N) is 1. The van der Waals surface area contributed by atoms with Crippen molar-refractivity contribution in [3.05, 3.63) is 65.7 Å². The number of nitrogens with one attached hydrogen (secondary N) is 1. The quantitative estimate of drug-likeness (QED) is 0.584. The molecule has 0 radical (unpaired) electrons. The average molecular weight is 463 g/mol. The molecule has 34 heavy (non-hydrogen) atoms. The Bertz CT molecular complexity index is 962. The van der Waals surface area contributed by atoms with E-state index < -0.39 is 0 Å². The number of hydrogen-bond donors (Lipinski definition) is 2. The number of aliphatic hydroxyl groups is 1. The summed E-state index contributed by atoms with van der Waals surface area (Å²) in [5.41, 5.74) is 2.97. The second-order valence-corrected chi connectivity index (χ2v) is 10.7. The third kappa shape index (κ3) is 5.01. The van der Waals surface area contributed by atoms with Gasteiger partial charge in [0, 0.05) is 24.4 Å². The number of amides is 1. The molecule has 1 atom stereocenters. The number of benzene rings is 2. The topological polar surface area (TPSA) is 61.8 Å². The zero-order valence-electron chi connectivity index (χ0n) is 20.2. The minimum Gasteiger partial charge on any atom is -0.491 e. The Morgan fingerprint density at radius 2 is 1.79 bits per heavy atom. The number of carbonyl (C=O) groups excluding carboxylic acids is 1. The van der Waals surface area contributed by atoms with Crippen molar-refractivity contribution < 1.29 is 14.6 Å². The number of piperidine rings is 1. The fraction of sp³-hybridized carbons (Fsp3) is 0.552. The highest BCUT2D eigenvalue weighted by Crippen LogP contribution is 2.59. The highest BCUT2D eigenvalue weighted by atomic mass is 16.5. The van der Waals surface area contributed by atoms with Crippen molar-refractivity contribution in [1.29, 1.82) is 0 Å². The van der Waals surface area contributed by atoms with Crippen LogP contribution in [0.4, 0.5) is 0 Å².